The highest BCUT2D eigenvalue weighted by Crippen LogP contribution is 2.41. The van der Waals surface area contributed by atoms with E-state index in [1.54, 1.807) is 4.90 Å². The first-order valence-corrected chi connectivity index (χ1v) is 14.2. The lowest BCUT2D eigenvalue weighted by atomic mass is 10.0. The first kappa shape index (κ1) is 28.4. The fourth-order valence-electron chi connectivity index (χ4n) is 4.27. The number of nitrogens with two attached hydrogens (primary N) is 1. The molecule has 3 heterocycles. The number of phenolic OH excluding ortho intramolecular Hbond substituents is 1. The first-order chi connectivity index (χ1) is 18.6. The second kappa shape index (κ2) is 12.1. The van der Waals surface area contributed by atoms with Crippen molar-refractivity contribution < 1.29 is 29.4 Å². The van der Waals surface area contributed by atoms with E-state index in [1.807, 2.05) is 13.8 Å². The van der Waals surface area contributed by atoms with Crippen LogP contribution in [0.25, 0.3) is 0 Å². The Hall–Kier alpha value is -3.56. The van der Waals surface area contributed by atoms with Crippen molar-refractivity contribution >= 4 is 47.2 Å². The molecule has 13 nitrogen and oxygen atoms in total. The molecule has 6 N–H and O–H groups in total. The Bertz CT molecular complexity index is 1290. The molecule has 0 radical (unpaired) electrons. The number of H-pyrrole nitrogens is 1. The van der Waals surface area contributed by atoms with Gasteiger partial charge in [0.25, 0.3) is 5.91 Å². The molecule has 2 aromatic rings. The second-order valence-electron chi connectivity index (χ2n) is 8.82. The van der Waals surface area contributed by atoms with Crippen molar-refractivity contribution in [1.29, 1.82) is 0 Å². The van der Waals surface area contributed by atoms with Crippen LogP contribution in [0.1, 0.15) is 31.3 Å². The van der Waals surface area contributed by atoms with Gasteiger partial charge in [0.05, 0.1) is 6.42 Å². The zero-order valence-corrected chi connectivity index (χ0v) is 22.9. The molecule has 208 valence electrons. The lowest BCUT2D eigenvalue weighted by molar-refractivity contribution is -0.150. The van der Waals surface area contributed by atoms with Gasteiger partial charge in [0.1, 0.15) is 34.7 Å². The lowest BCUT2D eigenvalue weighted by Crippen LogP contribution is -2.71. The van der Waals surface area contributed by atoms with E-state index in [9.17, 15) is 29.4 Å². The van der Waals surface area contributed by atoms with E-state index in [4.69, 9.17) is 5.73 Å². The number of carboxylic acid groups (broad SMARTS) is 1. The molecule has 3 atom stereocenters. The summed E-state index contributed by atoms with van der Waals surface area (Å²) in [5.74, 6) is -1.41. The van der Waals surface area contributed by atoms with Crippen LogP contribution in [0, 0.1) is 0 Å². The van der Waals surface area contributed by atoms with Gasteiger partial charge in [-0.05, 0) is 37.1 Å². The third kappa shape index (κ3) is 6.04. The minimum absolute atomic E-state index is 0.0330. The van der Waals surface area contributed by atoms with Crippen LogP contribution in [0.2, 0.25) is 0 Å². The van der Waals surface area contributed by atoms with Crippen LogP contribution in [0.4, 0.5) is 0 Å². The number of hydrogen-bond acceptors (Lipinski definition) is 10. The van der Waals surface area contributed by atoms with Gasteiger partial charge in [0, 0.05) is 24.6 Å². The van der Waals surface area contributed by atoms with Crippen LogP contribution in [0.3, 0.4) is 0 Å². The van der Waals surface area contributed by atoms with Crippen molar-refractivity contribution in [3.63, 3.8) is 0 Å². The zero-order chi connectivity index (χ0) is 28.3. The fraction of sp³-hybridized carbons (Fsp3) is 0.417. The second-order valence-corrected chi connectivity index (χ2v) is 10.9. The largest absolute Gasteiger partial charge is 0.508 e. The Morgan fingerprint density at radius 1 is 1.28 bits per heavy atom. The molecular formula is C24H29N7O6S2. The average molecular weight is 576 g/mol. The lowest BCUT2D eigenvalue weighted by Gasteiger charge is -2.49. The summed E-state index contributed by atoms with van der Waals surface area (Å²) in [7, 11) is 0. The van der Waals surface area contributed by atoms with Gasteiger partial charge in [-0.25, -0.2) is 9.78 Å². The minimum Gasteiger partial charge on any atom is -0.508 e. The molecule has 0 saturated carbocycles. The molecule has 39 heavy (non-hydrogen) atoms. The van der Waals surface area contributed by atoms with Gasteiger partial charge in [-0.1, -0.05) is 23.9 Å². The monoisotopic (exact) mass is 575 g/mol. The number of phenols is 1. The number of thioether (sulfide) groups is 2. The molecule has 15 heteroatoms. The summed E-state index contributed by atoms with van der Waals surface area (Å²) < 4.78 is 0. The van der Waals surface area contributed by atoms with Crippen molar-refractivity contribution in [2.24, 2.45) is 5.73 Å². The first-order valence-electron chi connectivity index (χ1n) is 12.2. The fourth-order valence-corrected chi connectivity index (χ4v) is 6.58. The highest BCUT2D eigenvalue weighted by Gasteiger charge is 2.54. The topological polar surface area (TPSA) is 195 Å². The molecule has 2 aliphatic heterocycles. The summed E-state index contributed by atoms with van der Waals surface area (Å²) >= 11 is 2.55. The van der Waals surface area contributed by atoms with Crippen LogP contribution >= 0.6 is 23.5 Å². The predicted octanol–water partition coefficient (Wildman–Crippen LogP) is 0.452. The number of aromatic hydroxyl groups is 1. The van der Waals surface area contributed by atoms with Crippen molar-refractivity contribution in [3.8, 4) is 5.75 Å². The molecule has 1 aromatic heterocycles. The number of carbonyl (C=O) groups is 4. The minimum atomic E-state index is -1.24. The molecule has 0 bridgehead atoms. The van der Waals surface area contributed by atoms with Crippen LogP contribution in [0.5, 0.6) is 5.75 Å². The van der Waals surface area contributed by atoms with Crippen LogP contribution in [-0.4, -0.2) is 94.9 Å². The summed E-state index contributed by atoms with van der Waals surface area (Å²) in [4.78, 5) is 57.3. The molecule has 2 aliphatic rings. The number of fused-ring (bicyclic) bond motifs is 1. The summed E-state index contributed by atoms with van der Waals surface area (Å²) in [5.41, 5.74) is 6.89. The summed E-state index contributed by atoms with van der Waals surface area (Å²) in [6, 6.07) is 3.87. The number of aromatic nitrogens is 3. The number of carboxylic acids is 1. The van der Waals surface area contributed by atoms with Gasteiger partial charge in [-0.3, -0.25) is 24.4 Å². The molecule has 1 saturated heterocycles. The highest BCUT2D eigenvalue weighted by molar-refractivity contribution is 8.01. The molecule has 1 fully saturated rings. The van der Waals surface area contributed by atoms with E-state index >= 15 is 0 Å². The predicted molar refractivity (Wildman–Crippen MR) is 143 cm³/mol. The smallest absolute Gasteiger partial charge is 0.352 e. The molecule has 2 unspecified atom stereocenters. The van der Waals surface area contributed by atoms with Crippen molar-refractivity contribution in [1.82, 2.24) is 30.3 Å². The van der Waals surface area contributed by atoms with Crippen molar-refractivity contribution in [2.75, 3.05) is 24.6 Å². The number of amides is 3. The number of nitrogens with one attached hydrogen (secondary N) is 2. The van der Waals surface area contributed by atoms with E-state index in [0.717, 1.165) is 0 Å². The maximum absolute atomic E-state index is 12.9. The Kier molecular flexibility index (Phi) is 8.82. The van der Waals surface area contributed by atoms with E-state index < -0.39 is 35.2 Å². The van der Waals surface area contributed by atoms with Gasteiger partial charge in [-0.15, -0.1) is 16.9 Å². The van der Waals surface area contributed by atoms with Crippen LogP contribution in [0.15, 0.2) is 40.7 Å². The highest BCUT2D eigenvalue weighted by atomic mass is 32.2. The molecule has 0 aliphatic carbocycles. The molecule has 4 rings (SSSR count). The van der Waals surface area contributed by atoms with Crippen molar-refractivity contribution in [3.05, 3.63) is 46.9 Å². The maximum Gasteiger partial charge on any atom is 0.352 e. The number of aliphatic carboxylic acids is 1. The molecule has 1 aromatic carbocycles. The van der Waals surface area contributed by atoms with E-state index in [1.165, 1.54) is 52.7 Å². The van der Waals surface area contributed by atoms with Crippen LogP contribution in [-0.2, 0) is 25.6 Å². The Morgan fingerprint density at radius 3 is 2.62 bits per heavy atom. The summed E-state index contributed by atoms with van der Waals surface area (Å²) in [5, 5.41) is 28.6. The maximum atomic E-state index is 12.9. The number of aromatic amines is 1. The van der Waals surface area contributed by atoms with Crippen LogP contribution < -0.4 is 11.1 Å². The van der Waals surface area contributed by atoms with Gasteiger partial charge in [0.2, 0.25) is 17.0 Å². The average Bonchev–Trinajstić information content (AvgIpc) is 3.37. The quantitative estimate of drug-likeness (QED) is 0.184. The van der Waals surface area contributed by atoms with E-state index in [0.29, 0.717) is 41.0 Å². The Labute approximate surface area is 232 Å². The number of likely N-dealkylation sites (N-methyl/N-ethyl adjacent to an activating group) is 1. The normalized spacial score (nSPS) is 19.3. The van der Waals surface area contributed by atoms with Gasteiger partial charge in [-0.2, -0.15) is 0 Å². The number of hydrogen-bond donors (Lipinski definition) is 5. The third-order valence-electron chi connectivity index (χ3n) is 6.40. The molecule has 3 amide bonds. The van der Waals surface area contributed by atoms with Gasteiger partial charge >= 0.3 is 5.97 Å². The number of β-lactam (4-membered cyclic amide) rings is 1. The van der Waals surface area contributed by atoms with E-state index in [-0.39, 0.29) is 29.5 Å². The molecule has 0 spiro atoms. The summed E-state index contributed by atoms with van der Waals surface area (Å²) in [6.07, 6.45) is 0.0850. The third-order valence-corrected chi connectivity index (χ3v) is 8.68. The number of carbonyl (C=O) groups excluding carboxylic acids is 3. The Balaban J connectivity index is 1.39. The standard InChI is InChI=1S/C24H29N7O6S2/c1-3-30(4-2)16(33)9-15-26-24(29-28-15)39-11-13-10-38-22-18(21(35)31(22)19(13)23(36)37)27-20(34)17(25)12-5-7-14(32)8-6-12/h5-8,17-18,22,32H,3-4,9-11,25H2,1-2H3,(H,27,34)(H,36,37)(H,26,28,29)/t17?,18?,22-/m0/s1. The SMILES string of the molecule is CCN(CC)C(=O)Cc1nc(SCC2=C(C(=O)O)N3C(=O)C(NC(=O)C(N)c4ccc(O)cc4)[C@@H]3SC2)n[nH]1. The number of rotatable bonds is 11. The zero-order valence-electron chi connectivity index (χ0n) is 21.3. The number of benzene rings is 1. The summed E-state index contributed by atoms with van der Waals surface area (Å²) in [6.45, 7) is 4.99. The van der Waals surface area contributed by atoms with Crippen molar-refractivity contribution in [2.45, 2.75) is 42.9 Å². The van der Waals surface area contributed by atoms with E-state index in [2.05, 4.69) is 20.5 Å². The van der Waals surface area contributed by atoms with Gasteiger partial charge in [0.15, 0.2) is 0 Å². The van der Waals surface area contributed by atoms with Gasteiger partial charge < -0.3 is 26.2 Å². The number of nitrogens with zero attached hydrogens (tertiary/aromatic N) is 4. The molecular weight excluding hydrogens is 546 g/mol. The Morgan fingerprint density at radius 2 is 1.97 bits per heavy atom.